The summed E-state index contributed by atoms with van der Waals surface area (Å²) in [5.41, 5.74) is 3.02. The minimum Gasteiger partial charge on any atom is -0.457 e. The van der Waals surface area contributed by atoms with Crippen molar-refractivity contribution in [1.82, 2.24) is 0 Å². The van der Waals surface area contributed by atoms with Gasteiger partial charge in [-0.15, -0.1) is 6.58 Å². The Morgan fingerprint density at radius 1 is 0.842 bits per heavy atom. The minimum absolute atomic E-state index is 0.158. The first-order chi connectivity index (χ1) is 18.6. The first-order valence-corrected chi connectivity index (χ1v) is 12.9. The van der Waals surface area contributed by atoms with Crippen LogP contribution in [0.1, 0.15) is 36.0 Å². The van der Waals surface area contributed by atoms with Gasteiger partial charge < -0.3 is 23.7 Å². The van der Waals surface area contributed by atoms with Crippen LogP contribution < -0.4 is 0 Å². The van der Waals surface area contributed by atoms with Crippen LogP contribution in [0.2, 0.25) is 0 Å². The van der Waals surface area contributed by atoms with Crippen LogP contribution in [-0.4, -0.2) is 43.8 Å². The summed E-state index contributed by atoms with van der Waals surface area (Å²) in [7, 11) is 1.57. The van der Waals surface area contributed by atoms with Crippen molar-refractivity contribution in [3.63, 3.8) is 0 Å². The van der Waals surface area contributed by atoms with E-state index in [1.807, 2.05) is 97.9 Å². The Morgan fingerprint density at radius 3 is 1.89 bits per heavy atom. The number of allylic oxidation sites excluding steroid dienone is 1. The van der Waals surface area contributed by atoms with E-state index in [0.717, 1.165) is 16.7 Å². The Hall–Kier alpha value is -3.29. The molecule has 0 saturated carbocycles. The summed E-state index contributed by atoms with van der Waals surface area (Å²) in [6.07, 6.45) is -1.16. The third-order valence-electron chi connectivity index (χ3n) is 6.70. The Kier molecular flexibility index (Phi) is 10.2. The molecular weight excluding hydrogens is 480 g/mol. The molecule has 1 heterocycles. The van der Waals surface area contributed by atoms with Crippen LogP contribution >= 0.6 is 0 Å². The molecular formula is C32H36O6. The average molecular weight is 517 g/mol. The number of benzene rings is 3. The SMILES string of the molecule is C=C[C@@H](CC(=O)O[C@H]1[C@H](OCc2ccccc2)[C@@H](OCc2ccccc2)[C@@H](OC)O[C@@H]1C)c1ccccc1. The van der Waals surface area contributed by atoms with E-state index in [2.05, 4.69) is 6.58 Å². The van der Waals surface area contributed by atoms with Crippen LogP contribution in [0.5, 0.6) is 0 Å². The molecule has 1 aliphatic heterocycles. The zero-order valence-corrected chi connectivity index (χ0v) is 22.0. The van der Waals surface area contributed by atoms with E-state index in [0.29, 0.717) is 13.2 Å². The normalized spacial score (nSPS) is 23.9. The van der Waals surface area contributed by atoms with Crippen molar-refractivity contribution in [1.29, 1.82) is 0 Å². The molecule has 0 unspecified atom stereocenters. The van der Waals surface area contributed by atoms with E-state index >= 15 is 0 Å². The highest BCUT2D eigenvalue weighted by Crippen LogP contribution is 2.31. The molecule has 0 aliphatic carbocycles. The fourth-order valence-electron chi connectivity index (χ4n) is 4.64. The first kappa shape index (κ1) is 27.7. The van der Waals surface area contributed by atoms with Gasteiger partial charge >= 0.3 is 5.97 Å². The summed E-state index contributed by atoms with van der Waals surface area (Å²) in [4.78, 5) is 13.2. The second kappa shape index (κ2) is 14.0. The second-order valence-corrected chi connectivity index (χ2v) is 9.38. The van der Waals surface area contributed by atoms with Gasteiger partial charge in [0.1, 0.15) is 12.2 Å². The van der Waals surface area contributed by atoms with Gasteiger partial charge in [-0.1, -0.05) is 97.1 Å². The van der Waals surface area contributed by atoms with Crippen molar-refractivity contribution < 1.29 is 28.5 Å². The van der Waals surface area contributed by atoms with E-state index in [-0.39, 0.29) is 18.3 Å². The summed E-state index contributed by atoms with van der Waals surface area (Å²) >= 11 is 0. The summed E-state index contributed by atoms with van der Waals surface area (Å²) in [5.74, 6) is -0.519. The van der Waals surface area contributed by atoms with Crippen LogP contribution in [0, 0.1) is 0 Å². The van der Waals surface area contributed by atoms with E-state index in [1.54, 1.807) is 13.2 Å². The number of carbonyl (C=O) groups excluding carboxylic acids is 1. The first-order valence-electron chi connectivity index (χ1n) is 12.9. The Morgan fingerprint density at radius 2 is 1.37 bits per heavy atom. The van der Waals surface area contributed by atoms with Gasteiger partial charge in [-0.05, 0) is 23.6 Å². The number of ether oxygens (including phenoxy) is 5. The van der Waals surface area contributed by atoms with Crippen molar-refractivity contribution >= 4 is 5.97 Å². The molecule has 1 aliphatic rings. The van der Waals surface area contributed by atoms with Gasteiger partial charge in [-0.2, -0.15) is 0 Å². The number of hydrogen-bond acceptors (Lipinski definition) is 6. The Balaban J connectivity index is 1.53. The molecule has 6 atom stereocenters. The van der Waals surface area contributed by atoms with Crippen LogP contribution in [0.3, 0.4) is 0 Å². The lowest BCUT2D eigenvalue weighted by Gasteiger charge is -2.44. The third kappa shape index (κ3) is 7.39. The molecule has 0 spiro atoms. The van der Waals surface area contributed by atoms with Crippen LogP contribution in [0.15, 0.2) is 104 Å². The van der Waals surface area contributed by atoms with Crippen LogP contribution in [0.4, 0.5) is 0 Å². The van der Waals surface area contributed by atoms with Gasteiger partial charge in [-0.3, -0.25) is 4.79 Å². The fourth-order valence-corrected chi connectivity index (χ4v) is 4.64. The number of rotatable bonds is 12. The molecule has 200 valence electrons. The quantitative estimate of drug-likeness (QED) is 0.223. The summed E-state index contributed by atoms with van der Waals surface area (Å²) in [5, 5.41) is 0. The molecule has 6 nitrogen and oxygen atoms in total. The van der Waals surface area contributed by atoms with Crippen molar-refractivity contribution in [2.45, 2.75) is 63.2 Å². The zero-order valence-electron chi connectivity index (χ0n) is 22.0. The topological polar surface area (TPSA) is 63.2 Å². The van der Waals surface area contributed by atoms with Gasteiger partial charge in [0.25, 0.3) is 0 Å². The molecule has 0 amide bonds. The molecule has 0 N–H and O–H groups in total. The van der Waals surface area contributed by atoms with E-state index in [1.165, 1.54) is 0 Å². The third-order valence-corrected chi connectivity index (χ3v) is 6.70. The smallest absolute Gasteiger partial charge is 0.307 e. The predicted octanol–water partition coefficient (Wildman–Crippen LogP) is 5.82. The number of esters is 1. The van der Waals surface area contributed by atoms with Gasteiger partial charge in [0.2, 0.25) is 0 Å². The molecule has 0 aromatic heterocycles. The molecule has 3 aromatic carbocycles. The minimum atomic E-state index is -0.695. The Labute approximate surface area is 225 Å². The molecule has 6 heteroatoms. The fraction of sp³-hybridized carbons (Fsp3) is 0.344. The number of hydrogen-bond donors (Lipinski definition) is 0. The average Bonchev–Trinajstić information content (AvgIpc) is 2.96. The molecule has 0 radical (unpaired) electrons. The molecule has 1 saturated heterocycles. The van der Waals surface area contributed by atoms with E-state index in [9.17, 15) is 4.79 Å². The monoisotopic (exact) mass is 516 g/mol. The van der Waals surface area contributed by atoms with Crippen molar-refractivity contribution in [3.8, 4) is 0 Å². The standard InChI is InChI=1S/C32H36O6/c1-4-26(27-18-12-7-13-19-27)20-28(33)38-29-23(2)37-32(34-3)31(36-22-25-16-10-6-11-17-25)30(29)35-21-24-14-8-5-9-15-24/h4-19,23,26,29-32H,1,20-22H2,2-3H3/t23-,26+,29-,30+,31-,32+/m1/s1. The zero-order chi connectivity index (χ0) is 26.7. The highest BCUT2D eigenvalue weighted by Gasteiger charge is 2.48. The van der Waals surface area contributed by atoms with Gasteiger partial charge in [0, 0.05) is 13.0 Å². The molecule has 1 fully saturated rings. The lowest BCUT2D eigenvalue weighted by atomic mass is 9.95. The second-order valence-electron chi connectivity index (χ2n) is 9.38. The Bertz CT molecular complexity index is 1120. The van der Waals surface area contributed by atoms with Gasteiger partial charge in [0.15, 0.2) is 12.4 Å². The maximum Gasteiger partial charge on any atom is 0.307 e. The lowest BCUT2D eigenvalue weighted by molar-refractivity contribution is -0.309. The summed E-state index contributed by atoms with van der Waals surface area (Å²) in [6.45, 7) is 6.44. The van der Waals surface area contributed by atoms with Gasteiger partial charge in [0.05, 0.1) is 25.7 Å². The summed E-state index contributed by atoms with van der Waals surface area (Å²) < 4.78 is 30.6. The molecule has 38 heavy (non-hydrogen) atoms. The van der Waals surface area contributed by atoms with E-state index < -0.39 is 30.7 Å². The van der Waals surface area contributed by atoms with Crippen LogP contribution in [-0.2, 0) is 41.7 Å². The molecule has 4 rings (SSSR count). The van der Waals surface area contributed by atoms with Crippen LogP contribution in [0.25, 0.3) is 0 Å². The maximum atomic E-state index is 13.2. The summed E-state index contributed by atoms with van der Waals surface area (Å²) in [6, 6.07) is 29.5. The lowest BCUT2D eigenvalue weighted by Crippen LogP contribution is -2.60. The van der Waals surface area contributed by atoms with E-state index in [4.69, 9.17) is 23.7 Å². The molecule has 3 aromatic rings. The van der Waals surface area contributed by atoms with Crippen molar-refractivity contribution in [2.24, 2.45) is 0 Å². The number of carbonyl (C=O) groups is 1. The van der Waals surface area contributed by atoms with Crippen molar-refractivity contribution in [3.05, 3.63) is 120 Å². The highest BCUT2D eigenvalue weighted by atomic mass is 16.7. The highest BCUT2D eigenvalue weighted by molar-refractivity contribution is 5.71. The maximum absolute atomic E-state index is 13.2. The predicted molar refractivity (Wildman–Crippen MR) is 145 cm³/mol. The van der Waals surface area contributed by atoms with Crippen molar-refractivity contribution in [2.75, 3.05) is 7.11 Å². The van der Waals surface area contributed by atoms with Gasteiger partial charge in [-0.25, -0.2) is 0 Å². The largest absolute Gasteiger partial charge is 0.457 e. The molecule has 0 bridgehead atoms. The number of methoxy groups -OCH3 is 1.